The standard InChI is InChI=1S/C24H32N6O2S/c1-15-8-12-29(13-9-15)14-18-25-20(19-16-6-5-7-17(16)33-21(19)26-18)28-30-22(31)24(27-23(30)32)10-3-2-4-11-24/h15H,2-14H2,1H3,(H,27,32)(H,25,26,28)/p+1. The van der Waals surface area contributed by atoms with Crippen LogP contribution in [0.5, 0.6) is 0 Å². The van der Waals surface area contributed by atoms with Crippen LogP contribution in [0.4, 0.5) is 10.6 Å². The summed E-state index contributed by atoms with van der Waals surface area (Å²) in [6.45, 7) is 5.39. The number of likely N-dealkylation sites (tertiary alicyclic amines) is 1. The average molecular weight is 470 g/mol. The van der Waals surface area contributed by atoms with Crippen LogP contribution in [0.15, 0.2) is 0 Å². The Labute approximate surface area is 198 Å². The minimum Gasteiger partial charge on any atom is -0.329 e. The molecule has 0 unspecified atom stereocenters. The van der Waals surface area contributed by atoms with Gasteiger partial charge in [0.1, 0.15) is 16.9 Å². The van der Waals surface area contributed by atoms with E-state index >= 15 is 0 Å². The lowest BCUT2D eigenvalue weighted by Crippen LogP contribution is -3.11. The van der Waals surface area contributed by atoms with Crippen LogP contribution >= 0.6 is 11.3 Å². The number of imide groups is 1. The van der Waals surface area contributed by atoms with Crippen LogP contribution in [0, 0.1) is 5.92 Å². The average Bonchev–Trinajstić information content (AvgIpc) is 3.45. The number of nitrogens with one attached hydrogen (secondary N) is 3. The van der Waals surface area contributed by atoms with Crippen LogP contribution in [-0.2, 0) is 24.2 Å². The van der Waals surface area contributed by atoms with Gasteiger partial charge < -0.3 is 10.2 Å². The van der Waals surface area contributed by atoms with Crippen molar-refractivity contribution in [2.24, 2.45) is 5.92 Å². The molecular formula is C24H33N6O2S+. The second-order valence-electron chi connectivity index (χ2n) is 10.5. The highest BCUT2D eigenvalue weighted by Gasteiger charge is 2.52. The molecule has 0 aromatic carbocycles. The third kappa shape index (κ3) is 3.69. The summed E-state index contributed by atoms with van der Waals surface area (Å²) in [4.78, 5) is 40.0. The summed E-state index contributed by atoms with van der Waals surface area (Å²) in [5, 5.41) is 5.19. The first kappa shape index (κ1) is 21.3. The van der Waals surface area contributed by atoms with E-state index in [1.54, 1.807) is 11.3 Å². The van der Waals surface area contributed by atoms with Crippen molar-refractivity contribution in [1.82, 2.24) is 20.3 Å². The zero-order valence-corrected chi connectivity index (χ0v) is 20.2. The molecule has 176 valence electrons. The van der Waals surface area contributed by atoms with E-state index in [0.29, 0.717) is 18.7 Å². The maximum Gasteiger partial charge on any atom is 0.344 e. The van der Waals surface area contributed by atoms with Gasteiger partial charge in [0, 0.05) is 4.88 Å². The number of fused-ring (bicyclic) bond motifs is 3. The molecule has 0 radical (unpaired) electrons. The van der Waals surface area contributed by atoms with E-state index in [1.807, 2.05) is 0 Å². The van der Waals surface area contributed by atoms with Crippen molar-refractivity contribution < 1.29 is 14.5 Å². The molecular weight excluding hydrogens is 436 g/mol. The molecule has 1 saturated carbocycles. The Morgan fingerprint density at radius 2 is 1.91 bits per heavy atom. The van der Waals surface area contributed by atoms with Gasteiger partial charge in [-0.15, -0.1) is 11.3 Å². The number of anilines is 1. The molecule has 2 aliphatic heterocycles. The van der Waals surface area contributed by atoms with Gasteiger partial charge in [-0.3, -0.25) is 10.2 Å². The van der Waals surface area contributed by atoms with Crippen molar-refractivity contribution in [2.75, 3.05) is 18.5 Å². The SMILES string of the molecule is CC1CC[NH+](Cc2nc(NN3C(=O)NC4(CCCCC4)C3=O)c3c4c(sc3n2)CCC4)CC1. The number of amides is 3. The van der Waals surface area contributed by atoms with E-state index in [0.717, 1.165) is 80.1 Å². The van der Waals surface area contributed by atoms with Crippen molar-refractivity contribution in [2.45, 2.75) is 83.2 Å². The number of hydrazine groups is 1. The molecule has 4 heterocycles. The van der Waals surface area contributed by atoms with E-state index < -0.39 is 5.54 Å². The first-order chi connectivity index (χ1) is 16.0. The summed E-state index contributed by atoms with van der Waals surface area (Å²) in [6, 6.07) is -0.363. The molecule has 2 aromatic rings. The van der Waals surface area contributed by atoms with Crippen LogP contribution in [0.2, 0.25) is 0 Å². The topological polar surface area (TPSA) is 91.7 Å². The van der Waals surface area contributed by atoms with Crippen molar-refractivity contribution in [1.29, 1.82) is 0 Å². The molecule has 3 amide bonds. The molecule has 2 aromatic heterocycles. The minimum absolute atomic E-state index is 0.164. The van der Waals surface area contributed by atoms with E-state index in [9.17, 15) is 9.59 Å². The van der Waals surface area contributed by atoms with E-state index in [1.165, 1.54) is 33.2 Å². The predicted octanol–water partition coefficient (Wildman–Crippen LogP) is 2.58. The molecule has 0 atom stereocenters. The van der Waals surface area contributed by atoms with Crippen LogP contribution < -0.4 is 15.6 Å². The number of hydrogen-bond acceptors (Lipinski definition) is 6. The number of thiophene rings is 1. The second-order valence-corrected chi connectivity index (χ2v) is 11.5. The largest absolute Gasteiger partial charge is 0.344 e. The minimum atomic E-state index is -0.747. The highest BCUT2D eigenvalue weighted by Crippen LogP contribution is 2.40. The number of nitrogens with zero attached hydrogens (tertiary/aromatic N) is 3. The van der Waals surface area contributed by atoms with Crippen LogP contribution in [0.1, 0.15) is 74.6 Å². The van der Waals surface area contributed by atoms with E-state index in [2.05, 4.69) is 17.7 Å². The second kappa shape index (κ2) is 8.20. The van der Waals surface area contributed by atoms with Gasteiger partial charge in [0.25, 0.3) is 5.91 Å². The van der Waals surface area contributed by atoms with Gasteiger partial charge in [-0.2, -0.15) is 5.01 Å². The van der Waals surface area contributed by atoms with Gasteiger partial charge in [-0.25, -0.2) is 14.8 Å². The Balaban J connectivity index is 1.33. The van der Waals surface area contributed by atoms with Crippen LogP contribution in [-0.4, -0.2) is 45.5 Å². The molecule has 2 aliphatic carbocycles. The first-order valence-corrected chi connectivity index (χ1v) is 13.4. The molecule has 3 fully saturated rings. The third-order valence-corrected chi connectivity index (χ3v) is 9.27. The molecule has 2 saturated heterocycles. The number of carbonyl (C=O) groups is 2. The maximum atomic E-state index is 13.4. The third-order valence-electron chi connectivity index (χ3n) is 8.09. The van der Waals surface area contributed by atoms with Gasteiger partial charge in [0.05, 0.1) is 18.5 Å². The Morgan fingerprint density at radius 3 is 2.70 bits per heavy atom. The fourth-order valence-corrected chi connectivity index (χ4v) is 7.37. The first-order valence-electron chi connectivity index (χ1n) is 12.6. The summed E-state index contributed by atoms with van der Waals surface area (Å²) in [5.74, 6) is 2.05. The van der Waals surface area contributed by atoms with Crippen molar-refractivity contribution in [3.05, 3.63) is 16.3 Å². The Morgan fingerprint density at radius 1 is 1.12 bits per heavy atom. The summed E-state index contributed by atoms with van der Waals surface area (Å²) in [7, 11) is 0. The molecule has 33 heavy (non-hydrogen) atoms. The number of hydrogen-bond donors (Lipinski definition) is 3. The highest BCUT2D eigenvalue weighted by atomic mass is 32.1. The van der Waals surface area contributed by atoms with E-state index in [-0.39, 0.29) is 11.9 Å². The lowest BCUT2D eigenvalue weighted by molar-refractivity contribution is -0.920. The van der Waals surface area contributed by atoms with Gasteiger partial charge in [0.15, 0.2) is 11.6 Å². The van der Waals surface area contributed by atoms with Crippen LogP contribution in [0.25, 0.3) is 10.2 Å². The Kier molecular flexibility index (Phi) is 5.29. The number of aryl methyl sites for hydroxylation is 2. The fraction of sp³-hybridized carbons (Fsp3) is 0.667. The lowest BCUT2D eigenvalue weighted by atomic mass is 9.82. The van der Waals surface area contributed by atoms with Gasteiger partial charge in [-0.1, -0.05) is 26.2 Å². The number of piperidine rings is 1. The molecule has 6 rings (SSSR count). The molecule has 4 aliphatic rings. The summed E-state index contributed by atoms with van der Waals surface area (Å²) in [6.07, 6.45) is 10.2. The van der Waals surface area contributed by atoms with Gasteiger partial charge in [0.2, 0.25) is 0 Å². The van der Waals surface area contributed by atoms with Gasteiger partial charge in [-0.05, 0) is 56.4 Å². The number of carbonyl (C=O) groups excluding carboxylic acids is 2. The Bertz CT molecular complexity index is 1100. The lowest BCUT2D eigenvalue weighted by Gasteiger charge is -2.30. The maximum absolute atomic E-state index is 13.4. The number of rotatable bonds is 4. The summed E-state index contributed by atoms with van der Waals surface area (Å²) >= 11 is 1.75. The van der Waals surface area contributed by atoms with Crippen molar-refractivity contribution in [3.63, 3.8) is 0 Å². The zero-order chi connectivity index (χ0) is 22.6. The normalized spacial score (nSPS) is 26.8. The zero-order valence-electron chi connectivity index (χ0n) is 19.3. The number of aromatic nitrogens is 2. The summed E-state index contributed by atoms with van der Waals surface area (Å²) in [5.41, 5.74) is 3.72. The molecule has 0 bridgehead atoms. The van der Waals surface area contributed by atoms with Crippen LogP contribution in [0.3, 0.4) is 0 Å². The number of urea groups is 1. The number of quaternary nitrogens is 1. The smallest absolute Gasteiger partial charge is 0.329 e. The highest BCUT2D eigenvalue weighted by molar-refractivity contribution is 7.19. The monoisotopic (exact) mass is 469 g/mol. The summed E-state index contributed by atoms with van der Waals surface area (Å²) < 4.78 is 0. The quantitative estimate of drug-likeness (QED) is 0.599. The predicted molar refractivity (Wildman–Crippen MR) is 127 cm³/mol. The van der Waals surface area contributed by atoms with E-state index in [4.69, 9.17) is 9.97 Å². The molecule has 9 heteroatoms. The molecule has 1 spiro atoms. The molecule has 8 nitrogen and oxygen atoms in total. The Hall–Kier alpha value is -2.26. The molecule has 3 N–H and O–H groups in total. The van der Waals surface area contributed by atoms with Crippen molar-refractivity contribution in [3.8, 4) is 0 Å². The van der Waals surface area contributed by atoms with Crippen molar-refractivity contribution >= 4 is 39.3 Å². The fourth-order valence-electron chi connectivity index (χ4n) is 6.09. The van der Waals surface area contributed by atoms with Gasteiger partial charge >= 0.3 is 6.03 Å².